The van der Waals surface area contributed by atoms with Crippen LogP contribution in [-0.4, -0.2) is 41.0 Å². The zero-order valence-electron chi connectivity index (χ0n) is 28.0. The number of carbonyl (C=O) groups excluding carboxylic acids is 3. The Hall–Kier alpha value is -3.35. The van der Waals surface area contributed by atoms with E-state index in [-0.39, 0.29) is 17.7 Å². The van der Waals surface area contributed by atoms with Crippen molar-refractivity contribution in [3.05, 3.63) is 64.7 Å². The lowest BCUT2D eigenvalue weighted by Gasteiger charge is -2.35. The number of nitrogens with one attached hydrogen (secondary N) is 2. The molecule has 0 radical (unpaired) electrons. The smallest absolute Gasteiger partial charge is 0.408 e. The number of amides is 3. The third kappa shape index (κ3) is 12.0. The topological polar surface area (TPSA) is 87.7 Å². The SMILES string of the molecule is CCCCCCCCN(C(=O)C(CC(C)C)NC(=O)OC(C)(C)C)C(C(=O)Nc1c(C)cccc1C)c1ccc(C)cc1. The Labute approximate surface area is 260 Å². The summed E-state index contributed by atoms with van der Waals surface area (Å²) in [7, 11) is 0. The molecule has 0 aliphatic carbocycles. The van der Waals surface area contributed by atoms with Gasteiger partial charge in [-0.1, -0.05) is 101 Å². The minimum Gasteiger partial charge on any atom is -0.444 e. The highest BCUT2D eigenvalue weighted by Crippen LogP contribution is 2.28. The van der Waals surface area contributed by atoms with Gasteiger partial charge in [-0.2, -0.15) is 0 Å². The van der Waals surface area contributed by atoms with Crippen LogP contribution >= 0.6 is 0 Å². The molecule has 2 rings (SSSR count). The van der Waals surface area contributed by atoms with Crippen LogP contribution in [0, 0.1) is 26.7 Å². The number of rotatable bonds is 15. The Morgan fingerprint density at radius 2 is 1.44 bits per heavy atom. The van der Waals surface area contributed by atoms with E-state index in [4.69, 9.17) is 4.74 Å². The maximum atomic E-state index is 14.5. The van der Waals surface area contributed by atoms with Gasteiger partial charge in [-0.05, 0) is 77.0 Å². The molecule has 0 bridgehead atoms. The Kier molecular flexibility index (Phi) is 14.2. The van der Waals surface area contributed by atoms with Crippen LogP contribution in [-0.2, 0) is 14.3 Å². The van der Waals surface area contributed by atoms with E-state index in [0.29, 0.717) is 13.0 Å². The number of para-hydroxylation sites is 1. The van der Waals surface area contributed by atoms with E-state index in [0.717, 1.165) is 60.0 Å². The van der Waals surface area contributed by atoms with Gasteiger partial charge in [0.2, 0.25) is 5.91 Å². The van der Waals surface area contributed by atoms with Crippen molar-refractivity contribution in [1.29, 1.82) is 0 Å². The fourth-order valence-corrected chi connectivity index (χ4v) is 5.20. The minimum absolute atomic E-state index is 0.126. The second kappa shape index (κ2) is 17.1. The van der Waals surface area contributed by atoms with E-state index in [1.165, 1.54) is 6.42 Å². The summed E-state index contributed by atoms with van der Waals surface area (Å²) in [5.74, 6) is -0.433. The van der Waals surface area contributed by atoms with Crippen LogP contribution in [0.25, 0.3) is 0 Å². The van der Waals surface area contributed by atoms with Crippen LogP contribution in [0.15, 0.2) is 42.5 Å². The molecule has 0 aliphatic rings. The Morgan fingerprint density at radius 1 is 0.860 bits per heavy atom. The monoisotopic (exact) mass is 593 g/mol. The fourth-order valence-electron chi connectivity index (χ4n) is 5.20. The van der Waals surface area contributed by atoms with Crippen molar-refractivity contribution >= 4 is 23.6 Å². The lowest BCUT2D eigenvalue weighted by molar-refractivity contribution is -0.141. The third-order valence-corrected chi connectivity index (χ3v) is 7.41. The predicted molar refractivity (Wildman–Crippen MR) is 176 cm³/mol. The van der Waals surface area contributed by atoms with Gasteiger partial charge in [-0.3, -0.25) is 9.59 Å². The zero-order chi connectivity index (χ0) is 32.2. The summed E-state index contributed by atoms with van der Waals surface area (Å²) in [6.07, 6.45) is 6.06. The number of unbranched alkanes of at least 4 members (excludes halogenated alkanes) is 5. The van der Waals surface area contributed by atoms with Gasteiger partial charge in [-0.15, -0.1) is 0 Å². The van der Waals surface area contributed by atoms with Crippen molar-refractivity contribution in [3.63, 3.8) is 0 Å². The standard InChI is InChI=1S/C36H55N3O4/c1-10-11-12-13-14-15-23-39(34(41)30(24-25(2)3)37-35(42)43-36(7,8)9)32(29-21-19-26(4)20-22-29)33(40)38-31-27(5)17-16-18-28(31)6/h16-22,25,30,32H,10-15,23-24H2,1-9H3,(H,37,42)(H,38,40). The molecule has 7 heteroatoms. The van der Waals surface area contributed by atoms with Gasteiger partial charge < -0.3 is 20.3 Å². The van der Waals surface area contributed by atoms with Crippen LogP contribution in [0.3, 0.4) is 0 Å². The summed E-state index contributed by atoms with van der Waals surface area (Å²) in [4.78, 5) is 43.3. The van der Waals surface area contributed by atoms with Gasteiger partial charge in [-0.25, -0.2) is 4.79 Å². The number of alkyl carbamates (subject to hydrolysis) is 1. The Morgan fingerprint density at radius 3 is 2.00 bits per heavy atom. The average molecular weight is 594 g/mol. The van der Waals surface area contributed by atoms with Crippen LogP contribution in [0.4, 0.5) is 10.5 Å². The van der Waals surface area contributed by atoms with E-state index < -0.39 is 23.8 Å². The molecule has 2 aromatic carbocycles. The molecule has 0 aromatic heterocycles. The maximum absolute atomic E-state index is 14.5. The van der Waals surface area contributed by atoms with Crippen molar-refractivity contribution in [3.8, 4) is 0 Å². The second-order valence-electron chi connectivity index (χ2n) is 13.2. The molecule has 2 atom stereocenters. The van der Waals surface area contributed by atoms with Gasteiger partial charge in [0.15, 0.2) is 0 Å². The molecular formula is C36H55N3O4. The summed E-state index contributed by atoms with van der Waals surface area (Å²) in [5, 5.41) is 5.99. The van der Waals surface area contributed by atoms with Crippen LogP contribution in [0.2, 0.25) is 0 Å². The Balaban J connectivity index is 2.54. The van der Waals surface area contributed by atoms with Crippen LogP contribution < -0.4 is 10.6 Å². The summed E-state index contributed by atoms with van der Waals surface area (Å²) >= 11 is 0. The van der Waals surface area contributed by atoms with E-state index in [1.807, 2.05) is 77.1 Å². The highest BCUT2D eigenvalue weighted by Gasteiger charge is 2.36. The molecular weight excluding hydrogens is 538 g/mol. The van der Waals surface area contributed by atoms with E-state index in [1.54, 1.807) is 25.7 Å². The van der Waals surface area contributed by atoms with Crippen molar-refractivity contribution in [1.82, 2.24) is 10.2 Å². The van der Waals surface area contributed by atoms with E-state index >= 15 is 0 Å². The minimum atomic E-state index is -0.877. The van der Waals surface area contributed by atoms with Crippen molar-refractivity contribution in [2.24, 2.45) is 5.92 Å². The van der Waals surface area contributed by atoms with Gasteiger partial charge in [0.1, 0.15) is 17.7 Å². The molecule has 0 aliphatic heterocycles. The number of hydrogen-bond acceptors (Lipinski definition) is 4. The fraction of sp³-hybridized carbons (Fsp3) is 0.583. The first-order chi connectivity index (χ1) is 20.2. The molecule has 0 heterocycles. The molecule has 2 unspecified atom stereocenters. The number of benzene rings is 2. The average Bonchev–Trinajstić information content (AvgIpc) is 2.91. The van der Waals surface area contributed by atoms with Crippen LogP contribution in [0.5, 0.6) is 0 Å². The molecule has 0 saturated carbocycles. The number of hydrogen-bond donors (Lipinski definition) is 2. The molecule has 238 valence electrons. The molecule has 3 amide bonds. The van der Waals surface area contributed by atoms with Crippen molar-refractivity contribution < 1.29 is 19.1 Å². The molecule has 7 nitrogen and oxygen atoms in total. The number of nitrogens with zero attached hydrogens (tertiary/aromatic N) is 1. The Bertz CT molecular complexity index is 1160. The first-order valence-electron chi connectivity index (χ1n) is 16.0. The highest BCUT2D eigenvalue weighted by molar-refractivity contribution is 5.99. The summed E-state index contributed by atoms with van der Waals surface area (Å²) < 4.78 is 5.53. The van der Waals surface area contributed by atoms with E-state index in [2.05, 4.69) is 17.6 Å². The van der Waals surface area contributed by atoms with Gasteiger partial charge in [0, 0.05) is 12.2 Å². The lowest BCUT2D eigenvalue weighted by Crippen LogP contribution is -2.53. The van der Waals surface area contributed by atoms with E-state index in [9.17, 15) is 14.4 Å². The largest absolute Gasteiger partial charge is 0.444 e. The molecule has 2 N–H and O–H groups in total. The summed E-state index contributed by atoms with van der Waals surface area (Å²) in [6.45, 7) is 17.9. The molecule has 0 fully saturated rings. The van der Waals surface area contributed by atoms with Gasteiger partial charge >= 0.3 is 6.09 Å². The number of aryl methyl sites for hydroxylation is 3. The first-order valence-corrected chi connectivity index (χ1v) is 16.0. The normalized spacial score (nSPS) is 12.9. The molecule has 0 saturated heterocycles. The maximum Gasteiger partial charge on any atom is 0.408 e. The van der Waals surface area contributed by atoms with Gasteiger partial charge in [0.05, 0.1) is 0 Å². The summed E-state index contributed by atoms with van der Waals surface area (Å²) in [5.41, 5.74) is 3.75. The molecule has 0 spiro atoms. The molecule has 2 aromatic rings. The number of carbonyl (C=O) groups is 3. The number of anilines is 1. The lowest BCUT2D eigenvalue weighted by atomic mass is 9.97. The van der Waals surface area contributed by atoms with Crippen molar-refractivity contribution in [2.75, 3.05) is 11.9 Å². The molecule has 43 heavy (non-hydrogen) atoms. The predicted octanol–water partition coefficient (Wildman–Crippen LogP) is 8.42. The van der Waals surface area contributed by atoms with Gasteiger partial charge in [0.25, 0.3) is 5.91 Å². The second-order valence-corrected chi connectivity index (χ2v) is 13.2. The number of ether oxygens (including phenoxy) is 1. The first kappa shape index (κ1) is 35.8. The summed E-state index contributed by atoms with van der Waals surface area (Å²) in [6, 6.07) is 12.0. The quantitative estimate of drug-likeness (QED) is 0.203. The van der Waals surface area contributed by atoms with Crippen molar-refractivity contribution in [2.45, 2.75) is 125 Å². The zero-order valence-corrected chi connectivity index (χ0v) is 28.0. The van der Waals surface area contributed by atoms with Crippen LogP contribution in [0.1, 0.15) is 115 Å². The highest BCUT2D eigenvalue weighted by atomic mass is 16.6. The third-order valence-electron chi connectivity index (χ3n) is 7.41.